The molecule has 0 amide bonds. The molecule has 1 aliphatic heterocycles. The molecule has 0 atom stereocenters. The molecule has 3 nitrogen and oxygen atoms in total. The number of aromatic nitrogens is 1. The van der Waals surface area contributed by atoms with Gasteiger partial charge in [0.15, 0.2) is 0 Å². The molecule has 1 saturated heterocycles. The van der Waals surface area contributed by atoms with Crippen LogP contribution in [-0.4, -0.2) is 29.5 Å². The Morgan fingerprint density at radius 1 is 1.30 bits per heavy atom. The molecule has 0 aromatic carbocycles. The quantitative estimate of drug-likeness (QED) is 0.883. The van der Waals surface area contributed by atoms with E-state index in [1.54, 1.807) is 0 Å². The van der Waals surface area contributed by atoms with Gasteiger partial charge in [-0.15, -0.1) is 0 Å². The van der Waals surface area contributed by atoms with Gasteiger partial charge in [-0.1, -0.05) is 20.8 Å². The maximum atomic E-state index is 4.53. The van der Waals surface area contributed by atoms with Crippen molar-refractivity contribution in [3.05, 3.63) is 24.0 Å². The van der Waals surface area contributed by atoms with Crippen molar-refractivity contribution in [1.82, 2.24) is 9.88 Å². The molecule has 2 heterocycles. The Kier molecular flexibility index (Phi) is 5.41. The van der Waals surface area contributed by atoms with Gasteiger partial charge < -0.3 is 5.32 Å². The monoisotopic (exact) mass is 275 g/mol. The minimum atomic E-state index is 0.507. The summed E-state index contributed by atoms with van der Waals surface area (Å²) in [5, 5.41) is 3.44. The van der Waals surface area contributed by atoms with Crippen LogP contribution in [0.2, 0.25) is 0 Å². The highest BCUT2D eigenvalue weighted by Crippen LogP contribution is 2.30. The van der Waals surface area contributed by atoms with Gasteiger partial charge in [0, 0.05) is 25.0 Å². The molecule has 0 aliphatic carbocycles. The lowest BCUT2D eigenvalue weighted by Crippen LogP contribution is -2.25. The fraction of sp³-hybridized carbons (Fsp3) is 0.706. The molecule has 0 spiro atoms. The normalized spacial score (nSPS) is 19.6. The third kappa shape index (κ3) is 4.78. The first-order chi connectivity index (χ1) is 9.59. The molecule has 1 aliphatic rings. The highest BCUT2D eigenvalue weighted by molar-refractivity contribution is 5.43. The first kappa shape index (κ1) is 15.3. The summed E-state index contributed by atoms with van der Waals surface area (Å²) in [6.45, 7) is 11.4. The zero-order valence-electron chi connectivity index (χ0n) is 13.3. The SMILES string of the molecule is CCCNc1ccnc(CN2CCCC(C)(C)CC2)c1. The van der Waals surface area contributed by atoms with Gasteiger partial charge in [-0.2, -0.15) is 0 Å². The van der Waals surface area contributed by atoms with Crippen molar-refractivity contribution in [1.29, 1.82) is 0 Å². The fourth-order valence-electron chi connectivity index (χ4n) is 2.81. The molecule has 0 unspecified atom stereocenters. The van der Waals surface area contributed by atoms with Crippen molar-refractivity contribution in [3.63, 3.8) is 0 Å². The van der Waals surface area contributed by atoms with Crippen molar-refractivity contribution in [3.8, 4) is 0 Å². The zero-order valence-corrected chi connectivity index (χ0v) is 13.3. The van der Waals surface area contributed by atoms with Crippen molar-refractivity contribution < 1.29 is 0 Å². The molecule has 1 aromatic rings. The molecular formula is C17H29N3. The smallest absolute Gasteiger partial charge is 0.0564 e. The Morgan fingerprint density at radius 2 is 2.15 bits per heavy atom. The second-order valence-electron chi connectivity index (χ2n) is 6.76. The Morgan fingerprint density at radius 3 is 2.95 bits per heavy atom. The third-order valence-electron chi connectivity index (χ3n) is 4.21. The van der Waals surface area contributed by atoms with Crippen LogP contribution in [0.1, 0.15) is 52.1 Å². The van der Waals surface area contributed by atoms with Gasteiger partial charge in [0.05, 0.1) is 5.69 Å². The maximum Gasteiger partial charge on any atom is 0.0564 e. The van der Waals surface area contributed by atoms with Crippen molar-refractivity contribution in [2.75, 3.05) is 25.0 Å². The van der Waals surface area contributed by atoms with E-state index in [0.717, 1.165) is 19.5 Å². The van der Waals surface area contributed by atoms with E-state index in [4.69, 9.17) is 0 Å². The largest absolute Gasteiger partial charge is 0.385 e. The Hall–Kier alpha value is -1.09. The lowest BCUT2D eigenvalue weighted by molar-refractivity contribution is 0.253. The van der Waals surface area contributed by atoms with E-state index < -0.39 is 0 Å². The van der Waals surface area contributed by atoms with Gasteiger partial charge in [-0.3, -0.25) is 9.88 Å². The Labute approximate surface area is 123 Å². The summed E-state index contributed by atoms with van der Waals surface area (Å²) < 4.78 is 0. The van der Waals surface area contributed by atoms with Crippen LogP contribution in [0.15, 0.2) is 18.3 Å². The minimum absolute atomic E-state index is 0.507. The fourth-order valence-corrected chi connectivity index (χ4v) is 2.81. The van der Waals surface area contributed by atoms with Crippen LogP contribution in [0.3, 0.4) is 0 Å². The predicted molar refractivity (Wildman–Crippen MR) is 85.9 cm³/mol. The van der Waals surface area contributed by atoms with Gasteiger partial charge in [0.1, 0.15) is 0 Å². The first-order valence-electron chi connectivity index (χ1n) is 8.00. The number of likely N-dealkylation sites (tertiary alicyclic amines) is 1. The lowest BCUT2D eigenvalue weighted by Gasteiger charge is -2.23. The van der Waals surface area contributed by atoms with Crippen molar-refractivity contribution in [2.45, 2.75) is 53.0 Å². The second-order valence-corrected chi connectivity index (χ2v) is 6.76. The van der Waals surface area contributed by atoms with E-state index in [2.05, 4.69) is 48.1 Å². The molecule has 1 fully saturated rings. The molecule has 0 radical (unpaired) electrons. The number of hydrogen-bond acceptors (Lipinski definition) is 3. The summed E-state index contributed by atoms with van der Waals surface area (Å²) in [6.07, 6.45) is 7.02. The molecule has 1 aromatic heterocycles. The van der Waals surface area contributed by atoms with Crippen LogP contribution >= 0.6 is 0 Å². The van der Waals surface area contributed by atoms with Gasteiger partial charge >= 0.3 is 0 Å². The number of anilines is 1. The van der Waals surface area contributed by atoms with Crippen LogP contribution in [0, 0.1) is 5.41 Å². The highest BCUT2D eigenvalue weighted by Gasteiger charge is 2.23. The number of rotatable bonds is 5. The lowest BCUT2D eigenvalue weighted by atomic mass is 9.85. The summed E-state index contributed by atoms with van der Waals surface area (Å²) in [6, 6.07) is 4.26. The minimum Gasteiger partial charge on any atom is -0.385 e. The molecule has 2 rings (SSSR count). The van der Waals surface area contributed by atoms with Gasteiger partial charge in [0.25, 0.3) is 0 Å². The summed E-state index contributed by atoms with van der Waals surface area (Å²) >= 11 is 0. The van der Waals surface area contributed by atoms with Gasteiger partial charge in [-0.05, 0) is 56.3 Å². The summed E-state index contributed by atoms with van der Waals surface area (Å²) in [5.74, 6) is 0. The van der Waals surface area contributed by atoms with E-state index in [1.165, 1.54) is 43.7 Å². The number of nitrogens with zero attached hydrogens (tertiary/aromatic N) is 2. The van der Waals surface area contributed by atoms with Gasteiger partial charge in [-0.25, -0.2) is 0 Å². The Bertz CT molecular complexity index is 414. The van der Waals surface area contributed by atoms with E-state index in [-0.39, 0.29) is 0 Å². The standard InChI is InChI=1S/C17H29N3/c1-4-9-18-15-6-10-19-16(13-15)14-20-11-5-7-17(2,3)8-12-20/h6,10,13H,4-5,7-9,11-12,14H2,1-3H3,(H,18,19). The number of nitrogens with one attached hydrogen (secondary N) is 1. The molecule has 1 N–H and O–H groups in total. The topological polar surface area (TPSA) is 28.2 Å². The third-order valence-corrected chi connectivity index (χ3v) is 4.21. The summed E-state index contributed by atoms with van der Waals surface area (Å²) in [5.41, 5.74) is 2.89. The molecule has 112 valence electrons. The number of pyridine rings is 1. The van der Waals surface area contributed by atoms with Gasteiger partial charge in [0.2, 0.25) is 0 Å². The average molecular weight is 275 g/mol. The Balaban J connectivity index is 1.92. The zero-order chi connectivity index (χ0) is 14.4. The van der Waals surface area contributed by atoms with Crippen LogP contribution in [0.25, 0.3) is 0 Å². The summed E-state index contributed by atoms with van der Waals surface area (Å²) in [7, 11) is 0. The van der Waals surface area contributed by atoms with E-state index in [9.17, 15) is 0 Å². The van der Waals surface area contributed by atoms with Crippen LogP contribution < -0.4 is 5.32 Å². The average Bonchev–Trinajstić information content (AvgIpc) is 2.58. The summed E-state index contributed by atoms with van der Waals surface area (Å²) in [4.78, 5) is 7.08. The second kappa shape index (κ2) is 7.07. The molecule has 0 bridgehead atoms. The van der Waals surface area contributed by atoms with E-state index >= 15 is 0 Å². The van der Waals surface area contributed by atoms with Crippen molar-refractivity contribution >= 4 is 5.69 Å². The van der Waals surface area contributed by atoms with E-state index in [0.29, 0.717) is 5.41 Å². The molecular weight excluding hydrogens is 246 g/mol. The van der Waals surface area contributed by atoms with Crippen LogP contribution in [0.5, 0.6) is 0 Å². The van der Waals surface area contributed by atoms with E-state index in [1.807, 2.05) is 6.20 Å². The van der Waals surface area contributed by atoms with Crippen LogP contribution in [-0.2, 0) is 6.54 Å². The van der Waals surface area contributed by atoms with Crippen LogP contribution in [0.4, 0.5) is 5.69 Å². The molecule has 3 heteroatoms. The number of hydrogen-bond donors (Lipinski definition) is 1. The predicted octanol–water partition coefficient (Wildman–Crippen LogP) is 3.92. The molecule has 20 heavy (non-hydrogen) atoms. The molecule has 0 saturated carbocycles. The van der Waals surface area contributed by atoms with Crippen molar-refractivity contribution in [2.24, 2.45) is 5.41 Å². The maximum absolute atomic E-state index is 4.53. The first-order valence-corrected chi connectivity index (χ1v) is 8.00. The highest BCUT2D eigenvalue weighted by atomic mass is 15.1.